The lowest BCUT2D eigenvalue weighted by atomic mass is 10.0. The highest BCUT2D eigenvalue weighted by molar-refractivity contribution is 5.60. The van der Waals surface area contributed by atoms with Crippen LogP contribution in [0.15, 0.2) is 18.2 Å². The van der Waals surface area contributed by atoms with Crippen molar-refractivity contribution in [3.8, 4) is 5.75 Å². The summed E-state index contributed by atoms with van der Waals surface area (Å²) in [4.78, 5) is 4.81. The first-order valence-electron chi connectivity index (χ1n) is 7.97. The lowest BCUT2D eigenvalue weighted by Gasteiger charge is -2.37. The third-order valence-corrected chi connectivity index (χ3v) is 4.32. The number of likely N-dealkylation sites (tertiary alicyclic amines) is 1. The first-order chi connectivity index (χ1) is 10.2. The second-order valence-corrected chi connectivity index (χ2v) is 5.91. The van der Waals surface area contributed by atoms with Crippen LogP contribution in [0.1, 0.15) is 25.3 Å². The second-order valence-electron chi connectivity index (χ2n) is 5.91. The van der Waals surface area contributed by atoms with Gasteiger partial charge in [0.2, 0.25) is 0 Å². The molecule has 0 aromatic heterocycles. The Kier molecular flexibility index (Phi) is 5.88. The Hall–Kier alpha value is -1.26. The Labute approximate surface area is 129 Å². The number of ether oxygens (including phenoxy) is 1. The molecule has 1 fully saturated rings. The minimum atomic E-state index is 0.607. The van der Waals surface area contributed by atoms with Gasteiger partial charge in [0.25, 0.3) is 0 Å². The minimum Gasteiger partial charge on any atom is -0.492 e. The zero-order chi connectivity index (χ0) is 15.2. The molecule has 0 atom stereocenters. The Morgan fingerprint density at radius 3 is 2.67 bits per heavy atom. The maximum absolute atomic E-state index is 5.88. The molecule has 0 bridgehead atoms. The number of benzene rings is 1. The van der Waals surface area contributed by atoms with E-state index in [1.165, 1.54) is 37.2 Å². The molecule has 0 radical (unpaired) electrons. The van der Waals surface area contributed by atoms with Crippen molar-refractivity contribution < 1.29 is 4.74 Å². The average Bonchev–Trinajstić information content (AvgIpc) is 2.48. The quantitative estimate of drug-likeness (QED) is 0.870. The molecule has 4 heteroatoms. The normalized spacial score (nSPS) is 17.0. The molecule has 1 aromatic rings. The molecule has 1 heterocycles. The van der Waals surface area contributed by atoms with E-state index in [1.54, 1.807) is 0 Å². The molecule has 1 aliphatic heterocycles. The van der Waals surface area contributed by atoms with Gasteiger partial charge in [-0.05, 0) is 64.6 Å². The number of anilines is 1. The summed E-state index contributed by atoms with van der Waals surface area (Å²) in [5.74, 6) is 1.01. The molecule has 118 valence electrons. The number of hydrogen-bond acceptors (Lipinski definition) is 4. The van der Waals surface area contributed by atoms with Gasteiger partial charge in [-0.2, -0.15) is 0 Å². The van der Waals surface area contributed by atoms with Crippen LogP contribution in [0.4, 0.5) is 5.69 Å². The van der Waals surface area contributed by atoms with Gasteiger partial charge < -0.3 is 19.9 Å². The lowest BCUT2D eigenvalue weighted by molar-refractivity contribution is 0.252. The first kappa shape index (κ1) is 16.1. The van der Waals surface area contributed by atoms with E-state index in [0.717, 1.165) is 12.3 Å². The van der Waals surface area contributed by atoms with Crippen LogP contribution in [0.5, 0.6) is 5.75 Å². The van der Waals surface area contributed by atoms with E-state index < -0.39 is 0 Å². The van der Waals surface area contributed by atoms with Gasteiger partial charge in [-0.1, -0.05) is 6.07 Å². The molecule has 2 rings (SSSR count). The molecule has 4 nitrogen and oxygen atoms in total. The van der Waals surface area contributed by atoms with Crippen LogP contribution < -0.4 is 15.0 Å². The van der Waals surface area contributed by atoms with Crippen molar-refractivity contribution in [2.24, 2.45) is 0 Å². The van der Waals surface area contributed by atoms with E-state index in [1.807, 2.05) is 14.0 Å². The smallest absolute Gasteiger partial charge is 0.142 e. The summed E-state index contributed by atoms with van der Waals surface area (Å²) < 4.78 is 5.88. The fraction of sp³-hybridized carbons (Fsp3) is 0.647. The third-order valence-electron chi connectivity index (χ3n) is 4.32. The van der Waals surface area contributed by atoms with Gasteiger partial charge in [0, 0.05) is 19.6 Å². The molecule has 0 amide bonds. The van der Waals surface area contributed by atoms with Crippen LogP contribution in [0.2, 0.25) is 0 Å². The van der Waals surface area contributed by atoms with Crippen molar-refractivity contribution in [1.29, 1.82) is 0 Å². The summed E-state index contributed by atoms with van der Waals surface area (Å²) >= 11 is 0. The summed E-state index contributed by atoms with van der Waals surface area (Å²) in [6, 6.07) is 7.17. The average molecular weight is 291 g/mol. The van der Waals surface area contributed by atoms with Gasteiger partial charge in [0.05, 0.1) is 12.3 Å². The van der Waals surface area contributed by atoms with Gasteiger partial charge in [0.15, 0.2) is 0 Å². The van der Waals surface area contributed by atoms with Crippen molar-refractivity contribution >= 4 is 5.69 Å². The fourth-order valence-corrected chi connectivity index (χ4v) is 3.01. The van der Waals surface area contributed by atoms with E-state index in [2.05, 4.69) is 47.4 Å². The summed E-state index contributed by atoms with van der Waals surface area (Å²) in [5.41, 5.74) is 2.48. The Morgan fingerprint density at radius 1 is 1.33 bits per heavy atom. The van der Waals surface area contributed by atoms with Gasteiger partial charge in [-0.15, -0.1) is 0 Å². The van der Waals surface area contributed by atoms with Crippen LogP contribution >= 0.6 is 0 Å². The highest BCUT2D eigenvalue weighted by Crippen LogP contribution is 2.32. The Morgan fingerprint density at radius 2 is 2.05 bits per heavy atom. The van der Waals surface area contributed by atoms with Crippen molar-refractivity contribution in [3.63, 3.8) is 0 Å². The van der Waals surface area contributed by atoms with Gasteiger partial charge >= 0.3 is 0 Å². The number of hydrogen-bond donors (Lipinski definition) is 1. The van der Waals surface area contributed by atoms with Crippen molar-refractivity contribution in [3.05, 3.63) is 23.8 Å². The van der Waals surface area contributed by atoms with Crippen molar-refractivity contribution in [1.82, 2.24) is 10.2 Å². The van der Waals surface area contributed by atoms with E-state index in [9.17, 15) is 0 Å². The first-order valence-corrected chi connectivity index (χ1v) is 7.97. The molecule has 1 aliphatic rings. The molecule has 1 N–H and O–H groups in total. The molecule has 1 saturated heterocycles. The highest BCUT2D eigenvalue weighted by Gasteiger charge is 2.22. The summed E-state index contributed by atoms with van der Waals surface area (Å²) in [6.45, 7) is 5.98. The molecule has 0 saturated carbocycles. The lowest BCUT2D eigenvalue weighted by Crippen LogP contribution is -2.42. The third kappa shape index (κ3) is 4.11. The predicted octanol–water partition coefficient (Wildman–Crippen LogP) is 2.34. The maximum Gasteiger partial charge on any atom is 0.142 e. The largest absolute Gasteiger partial charge is 0.492 e. The highest BCUT2D eigenvalue weighted by atomic mass is 16.5. The summed E-state index contributed by atoms with van der Waals surface area (Å²) in [5, 5.41) is 3.20. The molecular formula is C17H29N3O. The Bertz CT molecular complexity index is 442. The summed E-state index contributed by atoms with van der Waals surface area (Å²) in [6.07, 6.45) is 2.44. The SMILES string of the molecule is CCOc1cc(CNC)ccc1N(C)C1CCN(C)CC1. The van der Waals surface area contributed by atoms with E-state index in [-0.39, 0.29) is 0 Å². The molecule has 0 unspecified atom stereocenters. The van der Waals surface area contributed by atoms with Crippen LogP contribution in [-0.2, 0) is 6.54 Å². The maximum atomic E-state index is 5.88. The van der Waals surface area contributed by atoms with Crippen molar-refractivity contribution in [2.75, 3.05) is 45.7 Å². The zero-order valence-electron chi connectivity index (χ0n) is 13.9. The monoisotopic (exact) mass is 291 g/mol. The number of nitrogens with one attached hydrogen (secondary N) is 1. The second kappa shape index (κ2) is 7.66. The minimum absolute atomic E-state index is 0.607. The number of piperidine rings is 1. The molecule has 0 aliphatic carbocycles. The van der Waals surface area contributed by atoms with Crippen LogP contribution in [0.25, 0.3) is 0 Å². The molecule has 1 aromatic carbocycles. The molecular weight excluding hydrogens is 262 g/mol. The Balaban J connectivity index is 2.16. The van der Waals surface area contributed by atoms with Crippen LogP contribution in [-0.4, -0.2) is 51.8 Å². The van der Waals surface area contributed by atoms with Gasteiger partial charge in [-0.25, -0.2) is 0 Å². The topological polar surface area (TPSA) is 27.7 Å². The predicted molar refractivity (Wildman–Crippen MR) is 89.3 cm³/mol. The van der Waals surface area contributed by atoms with E-state index >= 15 is 0 Å². The van der Waals surface area contributed by atoms with Crippen LogP contribution in [0, 0.1) is 0 Å². The fourth-order valence-electron chi connectivity index (χ4n) is 3.01. The van der Waals surface area contributed by atoms with Crippen LogP contribution in [0.3, 0.4) is 0 Å². The number of rotatable bonds is 6. The molecule has 0 spiro atoms. The zero-order valence-corrected chi connectivity index (χ0v) is 13.9. The van der Waals surface area contributed by atoms with Gasteiger partial charge in [-0.3, -0.25) is 0 Å². The van der Waals surface area contributed by atoms with E-state index in [0.29, 0.717) is 12.6 Å². The van der Waals surface area contributed by atoms with E-state index in [4.69, 9.17) is 4.74 Å². The standard InChI is InChI=1S/C17H29N3O/c1-5-21-17-12-14(13-18-2)6-7-16(17)20(4)15-8-10-19(3)11-9-15/h6-7,12,15,18H,5,8-11,13H2,1-4H3. The molecule has 21 heavy (non-hydrogen) atoms. The number of nitrogens with zero attached hydrogens (tertiary/aromatic N) is 2. The van der Waals surface area contributed by atoms with Gasteiger partial charge in [0.1, 0.15) is 5.75 Å². The summed E-state index contributed by atoms with van der Waals surface area (Å²) in [7, 11) is 6.37. The van der Waals surface area contributed by atoms with Crippen molar-refractivity contribution in [2.45, 2.75) is 32.4 Å².